The molecule has 30 heavy (non-hydrogen) atoms. The third-order valence-corrected chi connectivity index (χ3v) is 5.51. The third kappa shape index (κ3) is 3.71. The smallest absolute Gasteiger partial charge is 0.211 e. The molecule has 9 nitrogen and oxygen atoms in total. The molecule has 2 aliphatic heterocycles. The molecule has 1 unspecified atom stereocenters. The molecule has 0 radical (unpaired) electrons. The summed E-state index contributed by atoms with van der Waals surface area (Å²) in [5.41, 5.74) is 15.2. The van der Waals surface area contributed by atoms with Crippen molar-refractivity contribution < 1.29 is 0 Å². The molecule has 1 saturated heterocycles. The minimum absolute atomic E-state index is 0.0371. The second-order valence-corrected chi connectivity index (χ2v) is 7.48. The number of guanidine groups is 1. The predicted octanol–water partition coefficient (Wildman–Crippen LogP) is 2.05. The van der Waals surface area contributed by atoms with E-state index in [0.29, 0.717) is 11.4 Å². The highest BCUT2D eigenvalue weighted by Gasteiger charge is 2.29. The van der Waals surface area contributed by atoms with Gasteiger partial charge in [-0.15, -0.1) is 0 Å². The topological polar surface area (TPSA) is 152 Å². The summed E-state index contributed by atoms with van der Waals surface area (Å²) < 4.78 is 0. The first kappa shape index (κ1) is 19.5. The van der Waals surface area contributed by atoms with E-state index in [1.165, 1.54) is 24.8 Å². The van der Waals surface area contributed by atoms with Crippen LogP contribution in [-0.2, 0) is 6.54 Å². The van der Waals surface area contributed by atoms with Crippen LogP contribution in [0.3, 0.4) is 0 Å². The summed E-state index contributed by atoms with van der Waals surface area (Å²) in [6.07, 6.45) is 5.67. The van der Waals surface area contributed by atoms with Crippen molar-refractivity contribution in [1.29, 1.82) is 10.5 Å². The lowest BCUT2D eigenvalue weighted by molar-refractivity contribution is 0.221. The maximum absolute atomic E-state index is 9.42. The van der Waals surface area contributed by atoms with Crippen LogP contribution in [0.5, 0.6) is 0 Å². The minimum atomic E-state index is -0.513. The molecule has 152 valence electrons. The molecule has 0 saturated carbocycles. The molecule has 2 aliphatic rings. The summed E-state index contributed by atoms with van der Waals surface area (Å²) in [4.78, 5) is 11.3. The molecular formula is C21H23N9. The van der Waals surface area contributed by atoms with Crippen molar-refractivity contribution in [1.82, 2.24) is 15.2 Å². The van der Waals surface area contributed by atoms with E-state index in [4.69, 9.17) is 16.7 Å². The first-order chi connectivity index (χ1) is 14.6. The fraction of sp³-hybridized carbons (Fsp3) is 0.333. The van der Waals surface area contributed by atoms with Gasteiger partial charge in [0.05, 0.1) is 5.69 Å². The molecule has 0 bridgehead atoms. The Hall–Kier alpha value is -3.82. The van der Waals surface area contributed by atoms with E-state index >= 15 is 0 Å². The molecule has 1 fully saturated rings. The Morgan fingerprint density at radius 2 is 1.87 bits per heavy atom. The summed E-state index contributed by atoms with van der Waals surface area (Å²) in [7, 11) is 0. The molecule has 0 aliphatic carbocycles. The van der Waals surface area contributed by atoms with Crippen LogP contribution in [0, 0.1) is 22.8 Å². The Labute approximate surface area is 175 Å². The number of piperidine rings is 1. The average molecular weight is 401 g/mol. The van der Waals surface area contributed by atoms with Crippen molar-refractivity contribution >= 4 is 23.3 Å². The Morgan fingerprint density at radius 3 is 2.53 bits per heavy atom. The molecule has 9 heteroatoms. The fourth-order valence-corrected chi connectivity index (χ4v) is 4.00. The molecule has 1 atom stereocenters. The lowest BCUT2D eigenvalue weighted by Crippen LogP contribution is -2.32. The Kier molecular flexibility index (Phi) is 5.38. The van der Waals surface area contributed by atoms with Gasteiger partial charge < -0.3 is 16.8 Å². The van der Waals surface area contributed by atoms with E-state index in [1.54, 1.807) is 0 Å². The number of rotatable bonds is 3. The second-order valence-electron chi connectivity index (χ2n) is 7.48. The second kappa shape index (κ2) is 8.27. The zero-order valence-corrected chi connectivity index (χ0v) is 16.5. The first-order valence-corrected chi connectivity index (χ1v) is 9.90. The number of hydrogen-bond acceptors (Lipinski definition) is 9. The van der Waals surface area contributed by atoms with Gasteiger partial charge >= 0.3 is 0 Å². The van der Waals surface area contributed by atoms with Crippen LogP contribution in [0.1, 0.15) is 47.6 Å². The van der Waals surface area contributed by atoms with Gasteiger partial charge in [0.25, 0.3) is 0 Å². The summed E-state index contributed by atoms with van der Waals surface area (Å²) in [5.74, 6) is 0.678. The van der Waals surface area contributed by atoms with E-state index in [0.717, 1.165) is 25.2 Å². The van der Waals surface area contributed by atoms with E-state index in [-0.39, 0.29) is 23.0 Å². The third-order valence-electron chi connectivity index (χ3n) is 5.51. The number of hydrogen-bond donors (Lipinski definition) is 4. The van der Waals surface area contributed by atoms with Gasteiger partial charge in [-0.05, 0) is 37.1 Å². The lowest BCUT2D eigenvalue weighted by Gasteiger charge is -2.27. The fourth-order valence-electron chi connectivity index (χ4n) is 4.00. The monoisotopic (exact) mass is 401 g/mol. The summed E-state index contributed by atoms with van der Waals surface area (Å²) in [6, 6.07) is 9.69. The number of likely N-dealkylation sites (tertiary alicyclic amines) is 1. The highest BCUT2D eigenvalue weighted by molar-refractivity contribution is 5.98. The zero-order valence-electron chi connectivity index (χ0n) is 16.5. The molecule has 3 heterocycles. The maximum atomic E-state index is 9.42. The van der Waals surface area contributed by atoms with Crippen LogP contribution in [0.15, 0.2) is 29.3 Å². The molecule has 1 aromatic heterocycles. The van der Waals surface area contributed by atoms with E-state index < -0.39 is 6.04 Å². The van der Waals surface area contributed by atoms with E-state index in [9.17, 15) is 5.26 Å². The highest BCUT2D eigenvalue weighted by Crippen LogP contribution is 2.40. The number of aromatic nitrogens is 1. The van der Waals surface area contributed by atoms with Crippen molar-refractivity contribution in [3.05, 3.63) is 46.5 Å². The van der Waals surface area contributed by atoms with Gasteiger partial charge in [-0.2, -0.15) is 10.5 Å². The molecule has 2 aromatic rings. The number of nitrogens with one attached hydrogen (secondary N) is 2. The van der Waals surface area contributed by atoms with Crippen LogP contribution >= 0.6 is 0 Å². The van der Waals surface area contributed by atoms with E-state index in [2.05, 4.69) is 37.6 Å². The van der Waals surface area contributed by atoms with Gasteiger partial charge in [0.15, 0.2) is 6.19 Å². The number of nitrogens with zero attached hydrogens (tertiary/aromatic N) is 5. The number of aliphatic imine (C=N–C) groups is 1. The number of fused-ring (bicyclic) bond motifs is 1. The number of nitriles is 2. The number of pyridine rings is 1. The minimum Gasteiger partial charge on any atom is -0.397 e. The molecule has 0 spiro atoms. The van der Waals surface area contributed by atoms with Crippen LogP contribution < -0.4 is 22.1 Å². The molecule has 6 N–H and O–H groups in total. The van der Waals surface area contributed by atoms with Crippen LogP contribution in [0.4, 0.5) is 17.3 Å². The van der Waals surface area contributed by atoms with Gasteiger partial charge in [-0.3, -0.25) is 10.2 Å². The van der Waals surface area contributed by atoms with Crippen molar-refractivity contribution in [2.45, 2.75) is 31.8 Å². The predicted molar refractivity (Wildman–Crippen MR) is 115 cm³/mol. The Bertz CT molecular complexity index is 1050. The maximum Gasteiger partial charge on any atom is 0.211 e. The number of anilines is 3. The van der Waals surface area contributed by atoms with Gasteiger partial charge in [0.2, 0.25) is 5.96 Å². The van der Waals surface area contributed by atoms with Crippen molar-refractivity contribution in [3.63, 3.8) is 0 Å². The largest absolute Gasteiger partial charge is 0.397 e. The van der Waals surface area contributed by atoms with Gasteiger partial charge in [-0.25, -0.2) is 9.98 Å². The van der Waals surface area contributed by atoms with Crippen molar-refractivity contribution in [3.8, 4) is 12.3 Å². The molecule has 1 aromatic carbocycles. The van der Waals surface area contributed by atoms with Crippen molar-refractivity contribution in [2.24, 2.45) is 4.99 Å². The Balaban J connectivity index is 1.69. The number of benzene rings is 1. The quantitative estimate of drug-likeness (QED) is 0.450. The summed E-state index contributed by atoms with van der Waals surface area (Å²) in [5, 5.41) is 23.9. The molecular weight excluding hydrogens is 378 g/mol. The van der Waals surface area contributed by atoms with Gasteiger partial charge in [0.1, 0.15) is 29.3 Å². The lowest BCUT2D eigenvalue weighted by atomic mass is 9.94. The SMILES string of the molecule is N#CNC1=NC(c2ccc(CN3CCCCC3)cc2)c2c(nc(N)c(C#N)c2N)N1. The zero-order chi connectivity index (χ0) is 21.1. The number of nitrogens with two attached hydrogens (primary N) is 2. The standard InChI is InChI=1S/C21H23N9/c22-10-15-17(24)16-18(27-21(26-12-23)29-20(16)28-19(15)25)14-6-4-13(5-7-14)11-30-8-2-1-3-9-30/h4-7,18H,1-3,8-9,11H2,(H6,24,25,26,27,28,29). The number of nitrogen functional groups attached to an aromatic ring is 2. The van der Waals surface area contributed by atoms with E-state index in [1.807, 2.05) is 24.4 Å². The van der Waals surface area contributed by atoms with Gasteiger partial charge in [-0.1, -0.05) is 30.7 Å². The highest BCUT2D eigenvalue weighted by atomic mass is 15.2. The first-order valence-electron chi connectivity index (χ1n) is 9.90. The molecule has 4 rings (SSSR count). The summed E-state index contributed by atoms with van der Waals surface area (Å²) in [6.45, 7) is 3.20. The van der Waals surface area contributed by atoms with Crippen LogP contribution in [0.25, 0.3) is 0 Å². The van der Waals surface area contributed by atoms with Gasteiger partial charge in [0, 0.05) is 12.1 Å². The normalized spacial score (nSPS) is 18.3. The summed E-state index contributed by atoms with van der Waals surface area (Å²) >= 11 is 0. The molecule has 0 amide bonds. The Morgan fingerprint density at radius 1 is 1.13 bits per heavy atom. The average Bonchev–Trinajstić information content (AvgIpc) is 2.75. The van der Waals surface area contributed by atoms with Crippen LogP contribution in [-0.4, -0.2) is 28.9 Å². The van der Waals surface area contributed by atoms with Crippen molar-refractivity contribution in [2.75, 3.05) is 29.9 Å². The van der Waals surface area contributed by atoms with Crippen LogP contribution in [0.2, 0.25) is 0 Å².